The van der Waals surface area contributed by atoms with Crippen LogP contribution in [0.25, 0.3) is 11.1 Å². The van der Waals surface area contributed by atoms with Crippen LogP contribution in [0.4, 0.5) is 0 Å². The van der Waals surface area contributed by atoms with Crippen LogP contribution in [0, 0.1) is 11.8 Å². The standard InChI is InChI=1S/C21H20O5/c1-25-20(23)17-15(13-9-5-3-6-10-13)16(14-11-7-4-8-12-14)18(19(17)22)21(24)26-2/h3-12,17-19,22H,1-2H3. The van der Waals surface area contributed by atoms with Crippen LogP contribution in [0.2, 0.25) is 0 Å². The van der Waals surface area contributed by atoms with Gasteiger partial charge in [0.2, 0.25) is 0 Å². The summed E-state index contributed by atoms with van der Waals surface area (Å²) in [5.41, 5.74) is 2.69. The molecule has 2 aromatic rings. The summed E-state index contributed by atoms with van der Waals surface area (Å²) in [4.78, 5) is 24.9. The molecule has 0 amide bonds. The summed E-state index contributed by atoms with van der Waals surface area (Å²) in [5, 5.41) is 10.9. The molecule has 0 aliphatic heterocycles. The van der Waals surface area contributed by atoms with Gasteiger partial charge in [0.25, 0.3) is 0 Å². The van der Waals surface area contributed by atoms with Gasteiger partial charge in [0.1, 0.15) is 11.8 Å². The van der Waals surface area contributed by atoms with Crippen LogP contribution in [0.1, 0.15) is 11.1 Å². The third-order valence-corrected chi connectivity index (χ3v) is 4.68. The van der Waals surface area contributed by atoms with Gasteiger partial charge in [0.05, 0.1) is 20.3 Å². The number of carbonyl (C=O) groups is 2. The van der Waals surface area contributed by atoms with Gasteiger partial charge in [-0.25, -0.2) is 0 Å². The first-order valence-electron chi connectivity index (χ1n) is 8.28. The smallest absolute Gasteiger partial charge is 0.315 e. The van der Waals surface area contributed by atoms with E-state index in [-0.39, 0.29) is 0 Å². The highest BCUT2D eigenvalue weighted by Crippen LogP contribution is 2.48. The van der Waals surface area contributed by atoms with Gasteiger partial charge < -0.3 is 14.6 Å². The average molecular weight is 352 g/mol. The number of esters is 2. The maximum atomic E-state index is 12.5. The predicted molar refractivity (Wildman–Crippen MR) is 96.7 cm³/mol. The molecule has 3 rings (SSSR count). The van der Waals surface area contributed by atoms with Gasteiger partial charge in [-0.3, -0.25) is 9.59 Å². The number of hydrogen-bond acceptors (Lipinski definition) is 5. The van der Waals surface area contributed by atoms with Crippen LogP contribution in [0.5, 0.6) is 0 Å². The SMILES string of the molecule is COC(=O)C1C(c2ccccc2)=C(c2ccccc2)C(C(=O)OC)C1O. The number of ether oxygens (including phenoxy) is 2. The fraction of sp³-hybridized carbons (Fsp3) is 0.238. The zero-order chi connectivity index (χ0) is 18.7. The number of aliphatic hydroxyl groups excluding tert-OH is 1. The lowest BCUT2D eigenvalue weighted by Crippen LogP contribution is -2.34. The molecule has 5 nitrogen and oxygen atoms in total. The molecule has 2 unspecified atom stereocenters. The van der Waals surface area contributed by atoms with E-state index in [2.05, 4.69) is 0 Å². The third kappa shape index (κ3) is 3.02. The summed E-state index contributed by atoms with van der Waals surface area (Å²) in [6, 6.07) is 18.5. The van der Waals surface area contributed by atoms with Gasteiger partial charge in [-0.15, -0.1) is 0 Å². The van der Waals surface area contributed by atoms with Crippen molar-refractivity contribution in [2.45, 2.75) is 6.10 Å². The summed E-state index contributed by atoms with van der Waals surface area (Å²) in [6.07, 6.45) is -1.26. The van der Waals surface area contributed by atoms with Crippen LogP contribution >= 0.6 is 0 Å². The number of aliphatic hydroxyl groups is 1. The fourth-order valence-corrected chi connectivity index (χ4v) is 3.54. The quantitative estimate of drug-likeness (QED) is 0.856. The van der Waals surface area contributed by atoms with Gasteiger partial charge in [0.15, 0.2) is 0 Å². The molecule has 5 heteroatoms. The molecule has 0 radical (unpaired) electrons. The summed E-state index contributed by atoms with van der Waals surface area (Å²) < 4.78 is 9.83. The Morgan fingerprint density at radius 3 is 1.38 bits per heavy atom. The van der Waals surface area contributed by atoms with E-state index in [1.54, 1.807) is 0 Å². The molecule has 0 bridgehead atoms. The normalized spacial score (nSPS) is 22.2. The number of benzene rings is 2. The molecule has 0 fully saturated rings. The Balaban J connectivity index is 2.31. The monoisotopic (exact) mass is 352 g/mol. The molecule has 0 spiro atoms. The van der Waals surface area contributed by atoms with E-state index < -0.39 is 29.9 Å². The van der Waals surface area contributed by atoms with Crippen molar-refractivity contribution >= 4 is 23.1 Å². The Kier molecular flexibility index (Phi) is 5.19. The van der Waals surface area contributed by atoms with Crippen LogP contribution in [-0.2, 0) is 19.1 Å². The molecule has 0 saturated carbocycles. The minimum Gasteiger partial charge on any atom is -0.468 e. The molecule has 0 saturated heterocycles. The maximum absolute atomic E-state index is 12.5. The van der Waals surface area contributed by atoms with Crippen molar-refractivity contribution < 1.29 is 24.2 Å². The zero-order valence-electron chi connectivity index (χ0n) is 14.6. The van der Waals surface area contributed by atoms with E-state index in [9.17, 15) is 14.7 Å². The second-order valence-corrected chi connectivity index (χ2v) is 6.05. The van der Waals surface area contributed by atoms with Gasteiger partial charge in [-0.2, -0.15) is 0 Å². The Morgan fingerprint density at radius 2 is 1.08 bits per heavy atom. The predicted octanol–water partition coefficient (Wildman–Crippen LogP) is 2.55. The molecule has 26 heavy (non-hydrogen) atoms. The van der Waals surface area contributed by atoms with Crippen LogP contribution < -0.4 is 0 Å². The first-order valence-corrected chi connectivity index (χ1v) is 8.28. The first kappa shape index (κ1) is 17.9. The molecule has 0 heterocycles. The molecular formula is C21H20O5. The second kappa shape index (κ2) is 7.54. The molecule has 0 aromatic heterocycles. The first-order chi connectivity index (χ1) is 12.6. The van der Waals surface area contributed by atoms with E-state index in [0.29, 0.717) is 11.1 Å². The highest BCUT2D eigenvalue weighted by atomic mass is 16.5. The summed E-state index contributed by atoms with van der Waals surface area (Å²) in [6.45, 7) is 0. The summed E-state index contributed by atoms with van der Waals surface area (Å²) in [5.74, 6) is -3.12. The lowest BCUT2D eigenvalue weighted by molar-refractivity contribution is -0.151. The van der Waals surface area contributed by atoms with Gasteiger partial charge in [-0.05, 0) is 22.3 Å². The Morgan fingerprint density at radius 1 is 0.731 bits per heavy atom. The Labute approximate surface area is 151 Å². The summed E-state index contributed by atoms with van der Waals surface area (Å²) in [7, 11) is 2.54. The molecule has 1 aliphatic carbocycles. The molecule has 134 valence electrons. The molecule has 1 N–H and O–H groups in total. The van der Waals surface area contributed by atoms with Crippen molar-refractivity contribution in [3.63, 3.8) is 0 Å². The van der Waals surface area contributed by atoms with Gasteiger partial charge in [0, 0.05) is 0 Å². The maximum Gasteiger partial charge on any atom is 0.315 e. The summed E-state index contributed by atoms with van der Waals surface area (Å²) >= 11 is 0. The van der Waals surface area contributed by atoms with E-state index in [4.69, 9.17) is 9.47 Å². The van der Waals surface area contributed by atoms with Crippen molar-refractivity contribution in [2.75, 3.05) is 14.2 Å². The van der Waals surface area contributed by atoms with Crippen LogP contribution in [0.15, 0.2) is 60.7 Å². The highest BCUT2D eigenvalue weighted by molar-refractivity contribution is 6.09. The zero-order valence-corrected chi connectivity index (χ0v) is 14.6. The minimum atomic E-state index is -1.26. The van der Waals surface area contributed by atoms with Crippen LogP contribution in [-0.4, -0.2) is 37.4 Å². The number of methoxy groups -OCH3 is 2. The fourth-order valence-electron chi connectivity index (χ4n) is 3.54. The Hall–Kier alpha value is -2.92. The molecule has 2 aromatic carbocycles. The molecule has 1 aliphatic rings. The van der Waals surface area contributed by atoms with Gasteiger partial charge >= 0.3 is 11.9 Å². The minimum absolute atomic E-state index is 0.587. The molecule has 2 atom stereocenters. The molecular weight excluding hydrogens is 332 g/mol. The second-order valence-electron chi connectivity index (χ2n) is 6.05. The average Bonchev–Trinajstić information content (AvgIpc) is 3.01. The van der Waals surface area contributed by atoms with Crippen molar-refractivity contribution in [1.29, 1.82) is 0 Å². The topological polar surface area (TPSA) is 72.8 Å². The van der Waals surface area contributed by atoms with Crippen molar-refractivity contribution in [3.05, 3.63) is 71.8 Å². The lowest BCUT2D eigenvalue weighted by Gasteiger charge is -2.19. The third-order valence-electron chi connectivity index (χ3n) is 4.68. The van der Waals surface area contributed by atoms with Crippen molar-refractivity contribution in [3.8, 4) is 0 Å². The largest absolute Gasteiger partial charge is 0.468 e. The number of hydrogen-bond donors (Lipinski definition) is 1. The van der Waals surface area contributed by atoms with E-state index in [0.717, 1.165) is 11.1 Å². The lowest BCUT2D eigenvalue weighted by atomic mass is 9.90. The van der Waals surface area contributed by atoms with Gasteiger partial charge in [-0.1, -0.05) is 60.7 Å². The van der Waals surface area contributed by atoms with E-state index in [1.165, 1.54) is 14.2 Å². The van der Waals surface area contributed by atoms with E-state index >= 15 is 0 Å². The van der Waals surface area contributed by atoms with Crippen molar-refractivity contribution in [1.82, 2.24) is 0 Å². The number of carbonyl (C=O) groups excluding carboxylic acids is 2. The highest BCUT2D eigenvalue weighted by Gasteiger charge is 2.50. The van der Waals surface area contributed by atoms with Crippen molar-refractivity contribution in [2.24, 2.45) is 11.8 Å². The number of rotatable bonds is 4. The Bertz CT molecular complexity index is 756. The van der Waals surface area contributed by atoms with Crippen LogP contribution in [0.3, 0.4) is 0 Å². The van der Waals surface area contributed by atoms with E-state index in [1.807, 2.05) is 60.7 Å².